The molecule has 0 radical (unpaired) electrons. The molecule has 0 aliphatic heterocycles. The van der Waals surface area contributed by atoms with Crippen LogP contribution in [0.25, 0.3) is 6.08 Å². The molecule has 2 nitrogen and oxygen atoms in total. The van der Waals surface area contributed by atoms with Gasteiger partial charge in [0.05, 0.1) is 0 Å². The summed E-state index contributed by atoms with van der Waals surface area (Å²) in [5, 5.41) is 0. The summed E-state index contributed by atoms with van der Waals surface area (Å²) in [4.78, 5) is 18.6. The van der Waals surface area contributed by atoms with E-state index in [9.17, 15) is 9.59 Å². The number of carbonyl (C=O) groups excluding carboxylic acids is 2. The van der Waals surface area contributed by atoms with Crippen molar-refractivity contribution in [2.45, 2.75) is 0 Å². The van der Waals surface area contributed by atoms with Crippen molar-refractivity contribution in [3.63, 3.8) is 0 Å². The highest BCUT2D eigenvalue weighted by molar-refractivity contribution is 5.75. The minimum atomic E-state index is 0.550. The van der Waals surface area contributed by atoms with Crippen LogP contribution in [0.15, 0.2) is 49.1 Å². The molecular formula is C12H12O2. The summed E-state index contributed by atoms with van der Waals surface area (Å²) in [5.41, 5.74) is 1.17. The van der Waals surface area contributed by atoms with Gasteiger partial charge in [-0.3, -0.25) is 9.59 Å². The van der Waals surface area contributed by atoms with Crippen LogP contribution in [0.1, 0.15) is 5.56 Å². The van der Waals surface area contributed by atoms with Crippen molar-refractivity contribution in [1.82, 2.24) is 0 Å². The van der Waals surface area contributed by atoms with Gasteiger partial charge in [-0.05, 0) is 17.7 Å². The molecule has 2 heteroatoms. The quantitative estimate of drug-likeness (QED) is 0.538. The summed E-state index contributed by atoms with van der Waals surface area (Å²) in [6.45, 7) is 3.63. The molecule has 1 aromatic carbocycles. The Kier molecular flexibility index (Phi) is 7.85. The lowest BCUT2D eigenvalue weighted by Crippen LogP contribution is -1.63. The van der Waals surface area contributed by atoms with Gasteiger partial charge in [-0.15, -0.1) is 0 Å². The zero-order valence-electron chi connectivity index (χ0n) is 7.80. The van der Waals surface area contributed by atoms with Gasteiger partial charge in [-0.25, -0.2) is 0 Å². The number of allylic oxidation sites excluding steroid dienone is 2. The zero-order chi connectivity index (χ0) is 10.6. The molecule has 0 fully saturated rings. The Labute approximate surface area is 83.6 Å². The van der Waals surface area contributed by atoms with Gasteiger partial charge in [0.25, 0.3) is 0 Å². The van der Waals surface area contributed by atoms with Gasteiger partial charge in [-0.1, -0.05) is 43.0 Å². The van der Waals surface area contributed by atoms with Crippen molar-refractivity contribution in [1.29, 1.82) is 0 Å². The van der Waals surface area contributed by atoms with Crippen molar-refractivity contribution in [2.24, 2.45) is 0 Å². The fraction of sp³-hybridized carbons (Fsp3) is 0. The number of rotatable bonds is 3. The molecule has 0 aliphatic carbocycles. The summed E-state index contributed by atoms with van der Waals surface area (Å²) < 4.78 is 0. The molecule has 0 spiro atoms. The van der Waals surface area contributed by atoms with Crippen molar-refractivity contribution < 1.29 is 9.59 Å². The molecule has 0 heterocycles. The number of hydrogen-bond donors (Lipinski definition) is 0. The van der Waals surface area contributed by atoms with E-state index < -0.39 is 0 Å². The van der Waals surface area contributed by atoms with E-state index in [1.54, 1.807) is 0 Å². The first-order valence-corrected chi connectivity index (χ1v) is 4.08. The van der Waals surface area contributed by atoms with Crippen LogP contribution in [0, 0.1) is 0 Å². The van der Waals surface area contributed by atoms with E-state index in [1.165, 1.54) is 5.56 Å². The first-order chi connectivity index (χ1) is 6.85. The Morgan fingerprint density at radius 2 is 1.43 bits per heavy atom. The molecule has 0 aromatic heterocycles. The number of hydrogen-bond acceptors (Lipinski definition) is 2. The molecule has 0 amide bonds. The standard InChI is InChI=1S/C8H8.C4H4O2/c1-2-8-6-4-3-5-7-8;5-3-1-2-4-6/h2-7H,1H2;1-4H/b;2-1-. The zero-order valence-corrected chi connectivity index (χ0v) is 7.80. The van der Waals surface area contributed by atoms with Crippen LogP contribution < -0.4 is 0 Å². The largest absolute Gasteiger partial charge is 0.299 e. The Balaban J connectivity index is 0.000000255. The second kappa shape index (κ2) is 9.13. The molecule has 0 atom stereocenters. The van der Waals surface area contributed by atoms with Crippen LogP contribution in [-0.2, 0) is 9.59 Å². The minimum absolute atomic E-state index is 0.550. The predicted molar refractivity (Wildman–Crippen MR) is 57.8 cm³/mol. The molecule has 0 saturated heterocycles. The fourth-order valence-electron chi connectivity index (χ4n) is 0.680. The predicted octanol–water partition coefficient (Wildman–Crippen LogP) is 2.27. The van der Waals surface area contributed by atoms with Gasteiger partial charge in [0.2, 0.25) is 0 Å². The highest BCUT2D eigenvalue weighted by Gasteiger charge is 1.75. The van der Waals surface area contributed by atoms with E-state index in [1.807, 2.05) is 36.4 Å². The lowest BCUT2D eigenvalue weighted by Gasteiger charge is -1.85. The molecule has 0 unspecified atom stereocenters. The van der Waals surface area contributed by atoms with E-state index in [0.29, 0.717) is 12.6 Å². The third-order valence-electron chi connectivity index (χ3n) is 1.30. The van der Waals surface area contributed by atoms with Gasteiger partial charge in [-0.2, -0.15) is 0 Å². The molecular weight excluding hydrogens is 176 g/mol. The van der Waals surface area contributed by atoms with Crippen molar-refractivity contribution in [3.05, 3.63) is 54.6 Å². The monoisotopic (exact) mass is 188 g/mol. The maximum Gasteiger partial charge on any atom is 0.142 e. The molecule has 0 aliphatic rings. The van der Waals surface area contributed by atoms with Crippen LogP contribution in [0.4, 0.5) is 0 Å². The third-order valence-corrected chi connectivity index (χ3v) is 1.30. The SMILES string of the molecule is C=Cc1ccccc1.O=C/C=C\C=O. The Hall–Kier alpha value is -1.96. The Bertz CT molecular complexity index is 289. The third kappa shape index (κ3) is 6.73. The van der Waals surface area contributed by atoms with Crippen LogP contribution in [0.2, 0.25) is 0 Å². The van der Waals surface area contributed by atoms with Gasteiger partial charge in [0.15, 0.2) is 0 Å². The maximum absolute atomic E-state index is 9.32. The molecule has 0 saturated carbocycles. The van der Waals surface area contributed by atoms with Gasteiger partial charge < -0.3 is 0 Å². The molecule has 14 heavy (non-hydrogen) atoms. The molecule has 0 N–H and O–H groups in total. The second-order valence-electron chi connectivity index (χ2n) is 2.27. The first kappa shape index (κ1) is 12.0. The lowest BCUT2D eigenvalue weighted by molar-refractivity contribution is -0.106. The summed E-state index contributed by atoms with van der Waals surface area (Å²) in [6, 6.07) is 10.0. The normalized spacial score (nSPS) is 8.57. The van der Waals surface area contributed by atoms with Crippen molar-refractivity contribution >= 4 is 18.6 Å². The number of carbonyl (C=O) groups is 2. The van der Waals surface area contributed by atoms with Crippen molar-refractivity contribution in [2.75, 3.05) is 0 Å². The Morgan fingerprint density at radius 1 is 0.929 bits per heavy atom. The highest BCUT2D eigenvalue weighted by atomic mass is 16.1. The van der Waals surface area contributed by atoms with Gasteiger partial charge in [0, 0.05) is 0 Å². The van der Waals surface area contributed by atoms with Crippen LogP contribution in [0.3, 0.4) is 0 Å². The first-order valence-electron chi connectivity index (χ1n) is 4.08. The Morgan fingerprint density at radius 3 is 1.71 bits per heavy atom. The summed E-state index contributed by atoms with van der Waals surface area (Å²) in [7, 11) is 0. The molecule has 0 bridgehead atoms. The summed E-state index contributed by atoms with van der Waals surface area (Å²) >= 11 is 0. The average molecular weight is 188 g/mol. The van der Waals surface area contributed by atoms with E-state index in [2.05, 4.69) is 6.58 Å². The molecule has 1 rings (SSSR count). The van der Waals surface area contributed by atoms with E-state index >= 15 is 0 Å². The summed E-state index contributed by atoms with van der Waals surface area (Å²) in [6.07, 6.45) is 5.20. The maximum atomic E-state index is 9.32. The second-order valence-corrected chi connectivity index (χ2v) is 2.27. The fourth-order valence-corrected chi connectivity index (χ4v) is 0.680. The molecule has 1 aromatic rings. The average Bonchev–Trinajstić information content (AvgIpc) is 2.28. The lowest BCUT2D eigenvalue weighted by atomic mass is 10.2. The van der Waals surface area contributed by atoms with E-state index in [4.69, 9.17) is 0 Å². The van der Waals surface area contributed by atoms with Gasteiger partial charge in [0.1, 0.15) is 12.6 Å². The highest BCUT2D eigenvalue weighted by Crippen LogP contribution is 1.97. The summed E-state index contributed by atoms with van der Waals surface area (Å²) in [5.74, 6) is 0. The van der Waals surface area contributed by atoms with Crippen molar-refractivity contribution in [3.8, 4) is 0 Å². The van der Waals surface area contributed by atoms with Crippen LogP contribution in [-0.4, -0.2) is 12.6 Å². The van der Waals surface area contributed by atoms with E-state index in [-0.39, 0.29) is 0 Å². The van der Waals surface area contributed by atoms with Crippen LogP contribution >= 0.6 is 0 Å². The number of aldehydes is 2. The molecule has 72 valence electrons. The van der Waals surface area contributed by atoms with Crippen LogP contribution in [0.5, 0.6) is 0 Å². The topological polar surface area (TPSA) is 34.1 Å². The van der Waals surface area contributed by atoms with E-state index in [0.717, 1.165) is 12.2 Å². The smallest absolute Gasteiger partial charge is 0.142 e. The van der Waals surface area contributed by atoms with Gasteiger partial charge >= 0.3 is 0 Å². The minimum Gasteiger partial charge on any atom is -0.299 e. The number of benzene rings is 1.